The van der Waals surface area contributed by atoms with Gasteiger partial charge in [0.05, 0.1) is 30.8 Å². The van der Waals surface area contributed by atoms with Crippen LogP contribution < -0.4 is 0 Å². The van der Waals surface area contributed by atoms with E-state index >= 15 is 0 Å². The number of likely N-dealkylation sites (tertiary alicyclic amines) is 1. The molecule has 1 spiro atoms. The van der Waals surface area contributed by atoms with Gasteiger partial charge >= 0.3 is 5.97 Å². The van der Waals surface area contributed by atoms with Crippen LogP contribution >= 0.6 is 0 Å². The monoisotopic (exact) mass is 526 g/mol. The minimum absolute atomic E-state index is 0.197. The molecule has 4 rings (SSSR count). The summed E-state index contributed by atoms with van der Waals surface area (Å²) in [6.07, 6.45) is 6.12. The topological polar surface area (TPSA) is 96.4 Å². The van der Waals surface area contributed by atoms with E-state index in [1.807, 2.05) is 37.3 Å². The zero-order chi connectivity index (χ0) is 27.5. The molecule has 6 atom stereocenters. The standard InChI is InChI=1S/C30H42N2O6/c1-5-9-13-19-31(18-6-2)27(35)25-30-17-16-29(7-3,38-30)24(28(36)37-8-4)23(30)26(34)32(25)22(20-33)21-14-11-10-12-15-21/h6,10-12,14-15,22-25,33H,2,5,7-9,13,16-20H2,1,3-4H3/t22-,23+,24-,25?,29+,30?/m1/s1. The van der Waals surface area contributed by atoms with Crippen LogP contribution in [0.25, 0.3) is 0 Å². The number of nitrogens with zero attached hydrogens (tertiary/aromatic N) is 2. The lowest BCUT2D eigenvalue weighted by molar-refractivity contribution is -0.163. The van der Waals surface area contributed by atoms with Crippen molar-refractivity contribution in [3.05, 3.63) is 48.6 Å². The Morgan fingerprint density at radius 2 is 1.97 bits per heavy atom. The SMILES string of the molecule is C=CCN(CCCCC)C(=O)C1N([C@H](CO)c2ccccc2)C(=O)[C@@H]2[C@H](C(=O)OCC)[C@]3(CC)CCC12O3. The van der Waals surface area contributed by atoms with Crippen molar-refractivity contribution in [2.75, 3.05) is 26.3 Å². The molecule has 8 nitrogen and oxygen atoms in total. The van der Waals surface area contributed by atoms with E-state index in [2.05, 4.69) is 13.5 Å². The summed E-state index contributed by atoms with van der Waals surface area (Å²) in [6.45, 7) is 10.4. The van der Waals surface area contributed by atoms with Gasteiger partial charge in [0.1, 0.15) is 17.6 Å². The Bertz CT molecular complexity index is 1030. The molecule has 0 saturated carbocycles. The highest BCUT2D eigenvalue weighted by Crippen LogP contribution is 2.65. The normalized spacial score (nSPS) is 30.3. The molecule has 1 N–H and O–H groups in total. The molecule has 3 aliphatic heterocycles. The molecule has 3 aliphatic rings. The van der Waals surface area contributed by atoms with E-state index in [0.717, 1.165) is 24.8 Å². The van der Waals surface area contributed by atoms with E-state index in [1.54, 1.807) is 17.9 Å². The van der Waals surface area contributed by atoms with Crippen molar-refractivity contribution in [3.63, 3.8) is 0 Å². The molecule has 2 amide bonds. The first-order valence-corrected chi connectivity index (χ1v) is 14.1. The third kappa shape index (κ3) is 4.45. The number of hydrogen-bond donors (Lipinski definition) is 1. The van der Waals surface area contributed by atoms with Crippen LogP contribution in [0.3, 0.4) is 0 Å². The van der Waals surface area contributed by atoms with Gasteiger partial charge in [-0.3, -0.25) is 14.4 Å². The lowest BCUT2D eigenvalue weighted by Crippen LogP contribution is -2.57. The number of unbranched alkanes of at least 4 members (excludes halogenated alkanes) is 2. The largest absolute Gasteiger partial charge is 0.466 e. The molecule has 8 heteroatoms. The van der Waals surface area contributed by atoms with Gasteiger partial charge in [-0.15, -0.1) is 6.58 Å². The highest BCUT2D eigenvalue weighted by Gasteiger charge is 2.79. The quantitative estimate of drug-likeness (QED) is 0.240. The summed E-state index contributed by atoms with van der Waals surface area (Å²) in [5.41, 5.74) is -1.27. The van der Waals surface area contributed by atoms with Gasteiger partial charge in [-0.05, 0) is 38.2 Å². The van der Waals surface area contributed by atoms with E-state index in [4.69, 9.17) is 9.47 Å². The number of esters is 1. The Morgan fingerprint density at radius 3 is 2.58 bits per heavy atom. The Morgan fingerprint density at radius 1 is 1.24 bits per heavy atom. The maximum absolute atomic E-state index is 14.5. The van der Waals surface area contributed by atoms with E-state index in [1.165, 1.54) is 4.90 Å². The van der Waals surface area contributed by atoms with Crippen LogP contribution in [0, 0.1) is 11.8 Å². The summed E-state index contributed by atoms with van der Waals surface area (Å²) in [4.78, 5) is 45.5. The molecule has 0 aliphatic carbocycles. The van der Waals surface area contributed by atoms with Crippen molar-refractivity contribution < 1.29 is 29.0 Å². The Kier molecular flexibility index (Phi) is 8.62. The van der Waals surface area contributed by atoms with Crippen molar-refractivity contribution in [1.82, 2.24) is 9.80 Å². The van der Waals surface area contributed by atoms with E-state index < -0.39 is 41.1 Å². The summed E-state index contributed by atoms with van der Waals surface area (Å²) in [7, 11) is 0. The summed E-state index contributed by atoms with van der Waals surface area (Å²) in [6, 6.07) is 7.54. The molecule has 0 radical (unpaired) electrons. The highest BCUT2D eigenvalue weighted by molar-refractivity contribution is 5.99. The van der Waals surface area contributed by atoms with Gasteiger partial charge in [0.25, 0.3) is 0 Å². The van der Waals surface area contributed by atoms with Crippen molar-refractivity contribution in [1.29, 1.82) is 0 Å². The molecule has 3 saturated heterocycles. The van der Waals surface area contributed by atoms with Crippen LogP contribution in [0.1, 0.15) is 70.9 Å². The number of carbonyl (C=O) groups is 3. The smallest absolute Gasteiger partial charge is 0.312 e. The van der Waals surface area contributed by atoms with Crippen LogP contribution in [0.4, 0.5) is 0 Å². The number of benzene rings is 1. The number of aliphatic hydroxyl groups excluding tert-OH is 1. The van der Waals surface area contributed by atoms with Gasteiger partial charge in [-0.2, -0.15) is 0 Å². The molecule has 1 aromatic carbocycles. The average molecular weight is 527 g/mol. The second kappa shape index (κ2) is 11.6. The van der Waals surface area contributed by atoms with Crippen LogP contribution in [0.5, 0.6) is 0 Å². The average Bonchev–Trinajstić information content (AvgIpc) is 3.53. The van der Waals surface area contributed by atoms with Crippen LogP contribution in [0.2, 0.25) is 0 Å². The van der Waals surface area contributed by atoms with Crippen molar-refractivity contribution in [3.8, 4) is 0 Å². The van der Waals surface area contributed by atoms with Crippen molar-refractivity contribution >= 4 is 17.8 Å². The van der Waals surface area contributed by atoms with Gasteiger partial charge in [-0.25, -0.2) is 0 Å². The number of aliphatic hydroxyl groups is 1. The van der Waals surface area contributed by atoms with E-state index in [9.17, 15) is 19.5 Å². The van der Waals surface area contributed by atoms with Crippen molar-refractivity contribution in [2.24, 2.45) is 11.8 Å². The molecular weight excluding hydrogens is 484 g/mol. The zero-order valence-corrected chi connectivity index (χ0v) is 22.9. The fourth-order valence-corrected chi connectivity index (χ4v) is 7.06. The van der Waals surface area contributed by atoms with Gasteiger partial charge in [-0.1, -0.05) is 63.1 Å². The molecule has 208 valence electrons. The molecule has 1 aromatic rings. The maximum atomic E-state index is 14.5. The summed E-state index contributed by atoms with van der Waals surface area (Å²) in [5, 5.41) is 10.6. The fourth-order valence-electron chi connectivity index (χ4n) is 7.06. The molecule has 0 aromatic heterocycles. The van der Waals surface area contributed by atoms with Gasteiger partial charge in [0, 0.05) is 13.1 Å². The number of ether oxygens (including phenoxy) is 2. The lowest BCUT2D eigenvalue weighted by Gasteiger charge is -2.39. The first-order valence-electron chi connectivity index (χ1n) is 14.1. The number of fused-ring (bicyclic) bond motifs is 1. The van der Waals surface area contributed by atoms with E-state index in [0.29, 0.717) is 32.4 Å². The Hall–Kier alpha value is -2.71. The van der Waals surface area contributed by atoms with Gasteiger partial charge in [0.2, 0.25) is 11.8 Å². The predicted octanol–water partition coefficient (Wildman–Crippen LogP) is 3.64. The number of rotatable bonds is 13. The van der Waals surface area contributed by atoms with Gasteiger partial charge in [0.15, 0.2) is 0 Å². The highest BCUT2D eigenvalue weighted by atomic mass is 16.6. The Balaban J connectivity index is 1.84. The lowest BCUT2D eigenvalue weighted by atomic mass is 9.65. The predicted molar refractivity (Wildman–Crippen MR) is 143 cm³/mol. The summed E-state index contributed by atoms with van der Waals surface area (Å²) in [5.74, 6) is -2.64. The van der Waals surface area contributed by atoms with Crippen LogP contribution in [0.15, 0.2) is 43.0 Å². The first-order chi connectivity index (χ1) is 18.4. The first kappa shape index (κ1) is 28.3. The summed E-state index contributed by atoms with van der Waals surface area (Å²) < 4.78 is 12.3. The molecule has 2 unspecified atom stereocenters. The van der Waals surface area contributed by atoms with Gasteiger partial charge < -0.3 is 24.4 Å². The third-order valence-corrected chi connectivity index (χ3v) is 8.78. The number of hydrogen-bond acceptors (Lipinski definition) is 6. The molecule has 2 bridgehead atoms. The zero-order valence-electron chi connectivity index (χ0n) is 22.9. The van der Waals surface area contributed by atoms with Crippen LogP contribution in [-0.2, 0) is 23.9 Å². The molecular formula is C30H42N2O6. The molecule has 3 fully saturated rings. The fraction of sp³-hybridized carbons (Fsp3) is 0.633. The second-order valence-corrected chi connectivity index (χ2v) is 10.7. The summed E-state index contributed by atoms with van der Waals surface area (Å²) >= 11 is 0. The van der Waals surface area contributed by atoms with Crippen molar-refractivity contribution in [2.45, 2.75) is 82.6 Å². The number of carbonyl (C=O) groups excluding carboxylic acids is 3. The maximum Gasteiger partial charge on any atom is 0.312 e. The second-order valence-electron chi connectivity index (χ2n) is 10.7. The molecule has 38 heavy (non-hydrogen) atoms. The minimum Gasteiger partial charge on any atom is -0.466 e. The third-order valence-electron chi connectivity index (χ3n) is 8.78. The van der Waals surface area contributed by atoms with E-state index in [-0.39, 0.29) is 25.0 Å². The van der Waals surface area contributed by atoms with Crippen LogP contribution in [-0.4, -0.2) is 76.2 Å². The minimum atomic E-state index is -1.16. The number of amides is 2. The molecule has 3 heterocycles. The Labute approximate surface area is 226 Å².